The first-order valence-corrected chi connectivity index (χ1v) is 7.54. The summed E-state index contributed by atoms with van der Waals surface area (Å²) in [5, 5.41) is 0. The average molecular weight is 285 g/mol. The summed E-state index contributed by atoms with van der Waals surface area (Å²) in [6.45, 7) is 0.312. The van der Waals surface area contributed by atoms with Gasteiger partial charge in [-0.15, -0.1) is 0 Å². The summed E-state index contributed by atoms with van der Waals surface area (Å²) in [7, 11) is 0. The van der Waals surface area contributed by atoms with E-state index in [0.717, 1.165) is 28.3 Å². The predicted molar refractivity (Wildman–Crippen MR) is 85.1 cm³/mol. The van der Waals surface area contributed by atoms with Crippen LogP contribution in [-0.4, -0.2) is 13.0 Å². The van der Waals surface area contributed by atoms with Crippen molar-refractivity contribution in [3.05, 3.63) is 53.6 Å². The van der Waals surface area contributed by atoms with E-state index in [1.165, 1.54) is 0 Å². The Hall–Kier alpha value is -2.07. The van der Waals surface area contributed by atoms with Gasteiger partial charge in [0.25, 0.3) is 0 Å². The molecular weight excluding hydrogens is 270 g/mol. The second kappa shape index (κ2) is 5.92. The summed E-state index contributed by atoms with van der Waals surface area (Å²) < 4.78 is 13.9. The highest BCUT2D eigenvalue weighted by atomic mass is 32.2. The maximum Gasteiger partial charge on any atom is 0.231 e. The molecule has 0 atom stereocenters. The molecule has 0 unspecified atom stereocenters. The SMILES string of the molecule is CSNc1ccc(/C=C/c2ccc3c(c2)OCO3)cc1. The maximum absolute atomic E-state index is 5.37. The molecule has 0 radical (unpaired) electrons. The molecule has 3 rings (SSSR count). The predicted octanol–water partition coefficient (Wildman–Crippen LogP) is 4.28. The molecule has 1 N–H and O–H groups in total. The third kappa shape index (κ3) is 2.91. The zero-order chi connectivity index (χ0) is 13.8. The average Bonchev–Trinajstić information content (AvgIpc) is 2.94. The maximum atomic E-state index is 5.37. The van der Waals surface area contributed by atoms with E-state index in [4.69, 9.17) is 9.47 Å². The quantitative estimate of drug-likeness (QED) is 0.671. The number of rotatable bonds is 4. The van der Waals surface area contributed by atoms with Gasteiger partial charge in [0.15, 0.2) is 11.5 Å². The molecule has 0 aliphatic carbocycles. The van der Waals surface area contributed by atoms with Crippen LogP contribution < -0.4 is 14.2 Å². The van der Waals surface area contributed by atoms with Gasteiger partial charge in [0.2, 0.25) is 6.79 Å². The Morgan fingerprint density at radius 2 is 1.65 bits per heavy atom. The van der Waals surface area contributed by atoms with Gasteiger partial charge in [0.05, 0.1) is 0 Å². The fourth-order valence-corrected chi connectivity index (χ4v) is 2.36. The molecule has 0 fully saturated rings. The monoisotopic (exact) mass is 285 g/mol. The van der Waals surface area contributed by atoms with E-state index in [9.17, 15) is 0 Å². The largest absolute Gasteiger partial charge is 0.454 e. The molecule has 0 aromatic heterocycles. The van der Waals surface area contributed by atoms with Crippen molar-refractivity contribution < 1.29 is 9.47 Å². The van der Waals surface area contributed by atoms with Crippen LogP contribution in [0, 0.1) is 0 Å². The van der Waals surface area contributed by atoms with Crippen LogP contribution in [0.1, 0.15) is 11.1 Å². The molecule has 3 nitrogen and oxygen atoms in total. The molecule has 1 aliphatic rings. The summed E-state index contributed by atoms with van der Waals surface area (Å²) in [4.78, 5) is 0. The Morgan fingerprint density at radius 3 is 2.45 bits per heavy atom. The Labute approximate surface area is 122 Å². The lowest BCUT2D eigenvalue weighted by atomic mass is 10.1. The number of ether oxygens (including phenoxy) is 2. The van der Waals surface area contributed by atoms with Crippen molar-refractivity contribution in [3.63, 3.8) is 0 Å². The van der Waals surface area contributed by atoms with Gasteiger partial charge in [0.1, 0.15) is 0 Å². The minimum Gasteiger partial charge on any atom is -0.454 e. The minimum absolute atomic E-state index is 0.312. The van der Waals surface area contributed by atoms with Gasteiger partial charge in [-0.05, 0) is 35.4 Å². The highest BCUT2D eigenvalue weighted by Crippen LogP contribution is 2.32. The first kappa shape index (κ1) is 12.9. The van der Waals surface area contributed by atoms with Crippen molar-refractivity contribution >= 4 is 29.8 Å². The van der Waals surface area contributed by atoms with Gasteiger partial charge in [-0.2, -0.15) is 0 Å². The number of anilines is 1. The number of fused-ring (bicyclic) bond motifs is 1. The topological polar surface area (TPSA) is 30.5 Å². The zero-order valence-corrected chi connectivity index (χ0v) is 11.9. The molecule has 0 amide bonds. The van der Waals surface area contributed by atoms with Gasteiger partial charge in [-0.3, -0.25) is 0 Å². The molecule has 1 aliphatic heterocycles. The molecule has 20 heavy (non-hydrogen) atoms. The van der Waals surface area contributed by atoms with E-state index in [2.05, 4.69) is 41.1 Å². The normalized spacial score (nSPS) is 12.8. The van der Waals surface area contributed by atoms with Crippen LogP contribution in [0.25, 0.3) is 12.2 Å². The van der Waals surface area contributed by atoms with Crippen molar-refractivity contribution in [2.24, 2.45) is 0 Å². The van der Waals surface area contributed by atoms with E-state index in [1.807, 2.05) is 24.5 Å². The summed E-state index contributed by atoms with van der Waals surface area (Å²) in [5.74, 6) is 1.63. The third-order valence-electron chi connectivity index (χ3n) is 3.00. The van der Waals surface area contributed by atoms with Crippen LogP contribution in [0.5, 0.6) is 11.5 Å². The Morgan fingerprint density at radius 1 is 0.950 bits per heavy atom. The van der Waals surface area contributed by atoms with E-state index in [0.29, 0.717) is 6.79 Å². The van der Waals surface area contributed by atoms with Crippen LogP contribution in [0.2, 0.25) is 0 Å². The smallest absolute Gasteiger partial charge is 0.231 e. The first-order valence-electron chi connectivity index (χ1n) is 6.32. The molecule has 2 aromatic rings. The Balaban J connectivity index is 1.73. The number of hydrogen-bond donors (Lipinski definition) is 1. The standard InChI is InChI=1S/C16H15NO2S/c1-20-17-14-7-4-12(5-8-14)2-3-13-6-9-15-16(10-13)19-11-18-15/h2-10,17H,11H2,1H3/b3-2+. The highest BCUT2D eigenvalue weighted by Gasteiger charge is 2.11. The molecule has 102 valence electrons. The number of benzene rings is 2. The van der Waals surface area contributed by atoms with E-state index >= 15 is 0 Å². The van der Waals surface area contributed by atoms with Crippen molar-refractivity contribution in [2.45, 2.75) is 0 Å². The van der Waals surface area contributed by atoms with Crippen LogP contribution >= 0.6 is 11.9 Å². The van der Waals surface area contributed by atoms with Crippen LogP contribution in [-0.2, 0) is 0 Å². The fourth-order valence-electron chi connectivity index (χ4n) is 1.99. The molecular formula is C16H15NO2S. The summed E-state index contributed by atoms with van der Waals surface area (Å²) in [5.41, 5.74) is 3.37. The molecule has 0 bridgehead atoms. The van der Waals surface area contributed by atoms with Crippen LogP contribution in [0.15, 0.2) is 42.5 Å². The fraction of sp³-hybridized carbons (Fsp3) is 0.125. The van der Waals surface area contributed by atoms with Gasteiger partial charge in [0, 0.05) is 11.9 Å². The van der Waals surface area contributed by atoms with E-state index in [1.54, 1.807) is 11.9 Å². The lowest BCUT2D eigenvalue weighted by Gasteiger charge is -2.02. The molecule has 2 aromatic carbocycles. The zero-order valence-electron chi connectivity index (χ0n) is 11.1. The summed E-state index contributed by atoms with van der Waals surface area (Å²) >= 11 is 1.59. The lowest BCUT2D eigenvalue weighted by molar-refractivity contribution is 0.174. The van der Waals surface area contributed by atoms with Crippen LogP contribution in [0.3, 0.4) is 0 Å². The Kier molecular flexibility index (Phi) is 3.83. The lowest BCUT2D eigenvalue weighted by Crippen LogP contribution is -1.92. The van der Waals surface area contributed by atoms with Gasteiger partial charge in [-0.1, -0.05) is 42.3 Å². The van der Waals surface area contributed by atoms with Gasteiger partial charge in [-0.25, -0.2) is 0 Å². The van der Waals surface area contributed by atoms with E-state index in [-0.39, 0.29) is 0 Å². The Bertz CT molecular complexity index is 623. The molecule has 0 spiro atoms. The summed E-state index contributed by atoms with van der Waals surface area (Å²) in [6, 6.07) is 14.2. The number of nitrogens with one attached hydrogen (secondary N) is 1. The van der Waals surface area contributed by atoms with Crippen LogP contribution in [0.4, 0.5) is 5.69 Å². The molecule has 0 saturated heterocycles. The van der Waals surface area contributed by atoms with Crippen molar-refractivity contribution in [1.82, 2.24) is 0 Å². The van der Waals surface area contributed by atoms with Gasteiger partial charge >= 0.3 is 0 Å². The summed E-state index contributed by atoms with van der Waals surface area (Å²) in [6.07, 6.45) is 6.16. The van der Waals surface area contributed by atoms with Crippen molar-refractivity contribution in [2.75, 3.05) is 17.8 Å². The van der Waals surface area contributed by atoms with Crippen molar-refractivity contribution in [3.8, 4) is 11.5 Å². The minimum atomic E-state index is 0.312. The highest BCUT2D eigenvalue weighted by molar-refractivity contribution is 7.99. The molecule has 1 heterocycles. The van der Waals surface area contributed by atoms with Crippen molar-refractivity contribution in [1.29, 1.82) is 0 Å². The first-order chi connectivity index (χ1) is 9.85. The second-order valence-corrected chi connectivity index (χ2v) is 4.99. The molecule has 4 heteroatoms. The number of hydrogen-bond acceptors (Lipinski definition) is 4. The second-order valence-electron chi connectivity index (χ2n) is 4.37. The third-order valence-corrected chi connectivity index (χ3v) is 3.44. The molecule has 0 saturated carbocycles. The van der Waals surface area contributed by atoms with E-state index < -0.39 is 0 Å². The van der Waals surface area contributed by atoms with Gasteiger partial charge < -0.3 is 14.2 Å².